The van der Waals surface area contributed by atoms with Crippen LogP contribution in [0.2, 0.25) is 0 Å². The van der Waals surface area contributed by atoms with E-state index < -0.39 is 23.4 Å². The van der Waals surface area contributed by atoms with Crippen molar-refractivity contribution in [3.8, 4) is 11.5 Å². The number of rotatable bonds is 7. The minimum absolute atomic E-state index is 0.141. The highest BCUT2D eigenvalue weighted by Gasteiger charge is 2.35. The number of carbonyl (C=O) groups is 2. The predicted octanol–water partition coefficient (Wildman–Crippen LogP) is 3.97. The molecule has 34 heavy (non-hydrogen) atoms. The molecule has 1 saturated heterocycles. The zero-order valence-electron chi connectivity index (χ0n) is 21.4. The number of methoxy groups -OCH3 is 2. The number of benzene rings is 1. The van der Waals surface area contributed by atoms with Gasteiger partial charge < -0.3 is 34.0 Å². The van der Waals surface area contributed by atoms with Gasteiger partial charge in [0.2, 0.25) is 0 Å². The van der Waals surface area contributed by atoms with Gasteiger partial charge in [-0.05, 0) is 47.6 Å². The molecule has 1 unspecified atom stereocenters. The van der Waals surface area contributed by atoms with Crippen LogP contribution in [0.15, 0.2) is 23.4 Å². The summed E-state index contributed by atoms with van der Waals surface area (Å²) in [5.41, 5.74) is 0.138. The average Bonchev–Trinajstić information content (AvgIpc) is 3.13. The zero-order chi connectivity index (χ0) is 25.5. The first kappa shape index (κ1) is 27.1. The van der Waals surface area contributed by atoms with Crippen molar-refractivity contribution in [3.05, 3.63) is 23.8 Å². The molecule has 10 nitrogen and oxygen atoms in total. The van der Waals surface area contributed by atoms with Crippen molar-refractivity contribution in [3.63, 3.8) is 0 Å². The molecule has 0 spiro atoms. The van der Waals surface area contributed by atoms with Crippen molar-refractivity contribution in [1.82, 2.24) is 10.2 Å². The van der Waals surface area contributed by atoms with Crippen molar-refractivity contribution >= 4 is 17.9 Å². The van der Waals surface area contributed by atoms with Gasteiger partial charge in [-0.1, -0.05) is 17.3 Å². The van der Waals surface area contributed by atoms with Gasteiger partial charge in [0.05, 0.1) is 26.5 Å². The van der Waals surface area contributed by atoms with E-state index in [2.05, 4.69) is 10.5 Å². The maximum Gasteiger partial charge on any atom is 0.410 e. The van der Waals surface area contributed by atoms with Crippen LogP contribution in [0.4, 0.5) is 9.59 Å². The minimum atomic E-state index is -0.624. The van der Waals surface area contributed by atoms with Gasteiger partial charge in [0, 0.05) is 24.6 Å². The first-order chi connectivity index (χ1) is 15.8. The molecule has 1 aliphatic heterocycles. The Kier molecular flexibility index (Phi) is 9.00. The second-order valence-electron chi connectivity index (χ2n) is 9.95. The van der Waals surface area contributed by atoms with Gasteiger partial charge in [-0.15, -0.1) is 0 Å². The van der Waals surface area contributed by atoms with Crippen LogP contribution in [0.1, 0.15) is 47.1 Å². The number of alkyl carbamates (subject to hydrolysis) is 1. The number of hydrogen-bond acceptors (Lipinski definition) is 8. The molecule has 1 aromatic rings. The molecular weight excluding hydrogens is 442 g/mol. The van der Waals surface area contributed by atoms with E-state index in [0.717, 1.165) is 5.56 Å². The monoisotopic (exact) mass is 479 g/mol. The van der Waals surface area contributed by atoms with Gasteiger partial charge in [0.15, 0.2) is 11.5 Å². The highest BCUT2D eigenvalue weighted by Crippen LogP contribution is 2.31. The Morgan fingerprint density at radius 3 is 2.32 bits per heavy atom. The third-order valence-corrected chi connectivity index (χ3v) is 4.69. The maximum absolute atomic E-state index is 12.6. The Labute approximate surface area is 201 Å². The van der Waals surface area contributed by atoms with Crippen LogP contribution in [0.25, 0.3) is 0 Å². The second-order valence-corrected chi connectivity index (χ2v) is 9.95. The lowest BCUT2D eigenvalue weighted by molar-refractivity contribution is 0.0292. The summed E-state index contributed by atoms with van der Waals surface area (Å²) in [7, 11) is 3.12. The number of oxime groups is 1. The number of para-hydroxylation sites is 1. The molecule has 1 heterocycles. The van der Waals surface area contributed by atoms with Crippen molar-refractivity contribution in [2.45, 2.75) is 59.4 Å². The van der Waals surface area contributed by atoms with E-state index in [-0.39, 0.29) is 25.6 Å². The van der Waals surface area contributed by atoms with Crippen molar-refractivity contribution in [2.24, 2.45) is 11.1 Å². The molecule has 0 saturated carbocycles. The molecule has 1 fully saturated rings. The first-order valence-electron chi connectivity index (χ1n) is 11.2. The van der Waals surface area contributed by atoms with Crippen LogP contribution >= 0.6 is 0 Å². The molecule has 2 amide bonds. The summed E-state index contributed by atoms with van der Waals surface area (Å²) >= 11 is 0. The molecule has 2 rings (SSSR count). The third-order valence-electron chi connectivity index (χ3n) is 4.69. The van der Waals surface area contributed by atoms with Gasteiger partial charge in [-0.3, -0.25) is 0 Å². The quantitative estimate of drug-likeness (QED) is 0.590. The number of carbonyl (C=O) groups excluding carboxylic acids is 2. The first-order valence-corrected chi connectivity index (χ1v) is 11.2. The number of ether oxygens (including phenoxy) is 4. The number of amides is 2. The summed E-state index contributed by atoms with van der Waals surface area (Å²) in [5, 5.41) is 7.04. The van der Waals surface area contributed by atoms with Crippen LogP contribution in [0, 0.1) is 5.92 Å². The van der Waals surface area contributed by atoms with Crippen LogP contribution in [-0.2, 0) is 20.9 Å². The van der Waals surface area contributed by atoms with E-state index in [1.165, 1.54) is 0 Å². The SMILES string of the molecule is COc1cccc(CO/N=C2\CN(C(=O)OC(C)(C)C)CC2CNC(=O)OC(C)(C)C)c1OC. The van der Waals surface area contributed by atoms with Gasteiger partial charge in [0.25, 0.3) is 0 Å². The molecule has 0 bridgehead atoms. The highest BCUT2D eigenvalue weighted by atomic mass is 16.6. The molecule has 0 aromatic heterocycles. The molecule has 1 aliphatic rings. The number of hydrogen-bond donors (Lipinski definition) is 1. The normalized spacial score (nSPS) is 17.4. The molecular formula is C24H37N3O7. The van der Waals surface area contributed by atoms with Crippen molar-refractivity contribution in [1.29, 1.82) is 0 Å². The third kappa shape index (κ3) is 8.31. The zero-order valence-corrected chi connectivity index (χ0v) is 21.4. The summed E-state index contributed by atoms with van der Waals surface area (Å²) in [5.74, 6) is 0.898. The number of nitrogens with one attached hydrogen (secondary N) is 1. The summed E-state index contributed by atoms with van der Waals surface area (Å²) in [6, 6.07) is 5.48. The fraction of sp³-hybridized carbons (Fsp3) is 0.625. The molecule has 190 valence electrons. The largest absolute Gasteiger partial charge is 0.493 e. The second kappa shape index (κ2) is 11.3. The Balaban J connectivity index is 2.12. The van der Waals surface area contributed by atoms with Crippen molar-refractivity contribution < 1.29 is 33.4 Å². The lowest BCUT2D eigenvalue weighted by atomic mass is 10.1. The summed E-state index contributed by atoms with van der Waals surface area (Å²) < 4.78 is 21.5. The Hall–Kier alpha value is -3.17. The topological polar surface area (TPSA) is 108 Å². The smallest absolute Gasteiger partial charge is 0.410 e. The van der Waals surface area contributed by atoms with E-state index in [1.54, 1.807) is 46.0 Å². The van der Waals surface area contributed by atoms with E-state index in [1.807, 2.05) is 32.9 Å². The molecule has 0 radical (unpaired) electrons. The molecule has 1 N–H and O–H groups in total. The minimum Gasteiger partial charge on any atom is -0.493 e. The lowest BCUT2D eigenvalue weighted by Crippen LogP contribution is -2.38. The summed E-state index contributed by atoms with van der Waals surface area (Å²) in [4.78, 5) is 31.9. The van der Waals surface area contributed by atoms with E-state index in [9.17, 15) is 9.59 Å². The summed E-state index contributed by atoms with van der Waals surface area (Å²) in [6.45, 7) is 11.7. The Bertz CT molecular complexity index is 888. The Morgan fingerprint density at radius 1 is 1.06 bits per heavy atom. The predicted molar refractivity (Wildman–Crippen MR) is 127 cm³/mol. The van der Waals surface area contributed by atoms with Crippen LogP contribution < -0.4 is 14.8 Å². The molecule has 1 aromatic carbocycles. The molecule has 1 atom stereocenters. The fourth-order valence-corrected chi connectivity index (χ4v) is 3.28. The molecule has 10 heteroatoms. The standard InChI is InChI=1S/C24H37N3O7/c1-23(2,3)33-21(28)25-12-17-13-27(22(29)34-24(4,5)6)14-18(17)26-32-15-16-10-9-11-19(30-7)20(16)31-8/h9-11,17H,12-15H2,1-8H3,(H,25,28)/b26-18+. The number of nitrogens with zero attached hydrogens (tertiary/aromatic N) is 2. The van der Waals surface area contributed by atoms with Gasteiger partial charge in [-0.2, -0.15) is 0 Å². The van der Waals surface area contributed by atoms with Gasteiger partial charge in [-0.25, -0.2) is 9.59 Å². The van der Waals surface area contributed by atoms with Crippen LogP contribution in [0.5, 0.6) is 11.5 Å². The summed E-state index contributed by atoms with van der Waals surface area (Å²) in [6.07, 6.45) is -0.987. The maximum atomic E-state index is 12.6. The fourth-order valence-electron chi connectivity index (χ4n) is 3.28. The average molecular weight is 480 g/mol. The van der Waals surface area contributed by atoms with E-state index in [0.29, 0.717) is 23.8 Å². The molecule has 0 aliphatic carbocycles. The number of likely N-dealkylation sites (tertiary alicyclic amines) is 1. The van der Waals surface area contributed by atoms with Gasteiger partial charge >= 0.3 is 12.2 Å². The highest BCUT2D eigenvalue weighted by molar-refractivity contribution is 5.94. The Morgan fingerprint density at radius 2 is 1.74 bits per heavy atom. The van der Waals surface area contributed by atoms with Crippen LogP contribution in [-0.4, -0.2) is 67.9 Å². The van der Waals surface area contributed by atoms with E-state index in [4.69, 9.17) is 23.8 Å². The van der Waals surface area contributed by atoms with Crippen molar-refractivity contribution in [2.75, 3.05) is 33.9 Å². The van der Waals surface area contributed by atoms with E-state index >= 15 is 0 Å². The van der Waals surface area contributed by atoms with Crippen LogP contribution in [0.3, 0.4) is 0 Å². The van der Waals surface area contributed by atoms with Gasteiger partial charge in [0.1, 0.15) is 17.8 Å². The lowest BCUT2D eigenvalue weighted by Gasteiger charge is -2.24.